The van der Waals surface area contributed by atoms with Crippen molar-refractivity contribution in [3.63, 3.8) is 0 Å². The maximum atomic E-state index is 13.4. The second kappa shape index (κ2) is 42.2. The minimum Gasteiger partial charge on any atom is -0.392 e. The molecule has 0 radical (unpaired) electrons. The van der Waals surface area contributed by atoms with Gasteiger partial charge in [0.15, 0.2) is 0 Å². The highest BCUT2D eigenvalue weighted by Crippen LogP contribution is 2.23. The number of rotatable bonds is 44. The lowest BCUT2D eigenvalue weighted by Gasteiger charge is -2.32. The fourth-order valence-electron chi connectivity index (χ4n) is 8.97. The van der Waals surface area contributed by atoms with Gasteiger partial charge in [-0.25, -0.2) is 0 Å². The summed E-state index contributed by atoms with van der Waals surface area (Å²) in [5, 5.41) is 51.5. The van der Waals surface area contributed by atoms with E-state index in [1.807, 2.05) is 13.0 Å². The second-order valence-corrected chi connectivity index (χ2v) is 22.7. The average molecular weight is 1040 g/mol. The molecule has 1 fully saturated rings. The molecule has 0 aromatic carbocycles. The van der Waals surface area contributed by atoms with Crippen LogP contribution in [0.15, 0.2) is 97.7 Å². The minimum atomic E-state index is -0.609. The van der Waals surface area contributed by atoms with Crippen LogP contribution in [0.3, 0.4) is 0 Å². The Morgan fingerprint density at radius 1 is 0.644 bits per heavy atom. The lowest BCUT2D eigenvalue weighted by Crippen LogP contribution is -2.61. The molecule has 6 N–H and O–H groups in total. The predicted molar refractivity (Wildman–Crippen MR) is 314 cm³/mol. The van der Waals surface area contributed by atoms with Gasteiger partial charge in [0.05, 0.1) is 24.4 Å². The van der Waals surface area contributed by atoms with Gasteiger partial charge >= 0.3 is 0 Å². The minimum absolute atomic E-state index is 0.0414. The summed E-state index contributed by atoms with van der Waals surface area (Å²) in [6, 6.07) is -1.21. The van der Waals surface area contributed by atoms with Crippen LogP contribution in [0.1, 0.15) is 165 Å². The van der Waals surface area contributed by atoms with E-state index in [1.54, 1.807) is 0 Å². The van der Waals surface area contributed by atoms with E-state index >= 15 is 0 Å². The number of unbranched alkanes of at least 4 members (excludes halogenated alkanes) is 2. The molecule has 11 heteroatoms. The van der Waals surface area contributed by atoms with Gasteiger partial charge in [0.2, 0.25) is 11.8 Å². The number of nitrogens with zero attached hydrogens (tertiary/aromatic N) is 2. The molecule has 0 saturated carbocycles. The first-order chi connectivity index (χ1) is 35.0. The standard InChI is InChI=1S/C62H109N4O6P/c1-11-16-18-21-27-37-52(13-3)45-54(67)46-65(49-59(70)53(14-4)38-28-22-20-23-34-44-73-10)42-32-29-39-55-60(71)64-56(61(72)63-55)40-30-33-43-66(47-57(68)50(6)35-25-19-17-12-2)48-58(69)51(7)36-26-24-31-41-62(8,9)15-5/h12,16,18-19,22-23,25-28,31,34,36-37,41,50-59,67-70,73H,2,11,13-15,17,20-21,24,29-30,32-33,35,38-40,42-49H2,1,3-10H3,(H,63,72)(H,64,71)/b18-16-,25-19-,28-22-,34-23-,36-26-,37-27-,41-31-. The summed E-state index contributed by atoms with van der Waals surface area (Å²) < 4.78 is 0. The van der Waals surface area contributed by atoms with Crippen LogP contribution >= 0.6 is 8.58 Å². The Labute approximate surface area is 449 Å². The molecule has 1 aliphatic rings. The van der Waals surface area contributed by atoms with Crippen LogP contribution in [0.5, 0.6) is 0 Å². The normalized spacial score (nSPS) is 19.8. The van der Waals surface area contributed by atoms with E-state index in [9.17, 15) is 30.0 Å². The Balaban J connectivity index is 2.90. The summed E-state index contributed by atoms with van der Waals surface area (Å²) in [5.41, 5.74) is 0.169. The molecule has 0 aromatic heterocycles. The highest BCUT2D eigenvalue weighted by atomic mass is 31.1. The first-order valence-electron chi connectivity index (χ1n) is 28.7. The first-order valence-corrected chi connectivity index (χ1v) is 30.4. The molecule has 73 heavy (non-hydrogen) atoms. The lowest BCUT2D eigenvalue weighted by atomic mass is 9.90. The Kier molecular flexibility index (Phi) is 39.3. The maximum Gasteiger partial charge on any atom is 0.243 e. The largest absolute Gasteiger partial charge is 0.392 e. The van der Waals surface area contributed by atoms with Crippen LogP contribution in [0, 0.1) is 29.1 Å². The monoisotopic (exact) mass is 1040 g/mol. The summed E-state index contributed by atoms with van der Waals surface area (Å²) in [6.07, 6.45) is 44.5. The van der Waals surface area contributed by atoms with Gasteiger partial charge in [-0.2, -0.15) is 0 Å². The molecule has 1 saturated heterocycles. The number of hydrogen-bond acceptors (Lipinski definition) is 8. The Hall–Kier alpha value is -2.95. The van der Waals surface area contributed by atoms with E-state index in [0.29, 0.717) is 71.4 Å². The highest BCUT2D eigenvalue weighted by Gasteiger charge is 2.33. The molecule has 11 unspecified atom stereocenters. The van der Waals surface area contributed by atoms with Crippen molar-refractivity contribution < 1.29 is 30.0 Å². The molecule has 0 aromatic rings. The Morgan fingerprint density at radius 2 is 1.19 bits per heavy atom. The fraction of sp³-hybridized carbons (Fsp3) is 0.710. The third-order valence-electron chi connectivity index (χ3n) is 14.6. The molecule has 2 amide bonds. The van der Waals surface area contributed by atoms with Gasteiger partial charge in [0.25, 0.3) is 0 Å². The fourth-order valence-corrected chi connectivity index (χ4v) is 9.38. The van der Waals surface area contributed by atoms with Crippen LogP contribution in [0.25, 0.3) is 0 Å². The molecule has 10 nitrogen and oxygen atoms in total. The molecule has 0 spiro atoms. The van der Waals surface area contributed by atoms with Gasteiger partial charge in [-0.1, -0.05) is 153 Å². The summed E-state index contributed by atoms with van der Waals surface area (Å²) in [7, 11) is 0.924. The number of aliphatic hydroxyl groups is 4. The zero-order chi connectivity index (χ0) is 54.3. The zero-order valence-electron chi connectivity index (χ0n) is 47.6. The summed E-state index contributed by atoms with van der Waals surface area (Å²) in [5.74, 6) is 0.0420. The third kappa shape index (κ3) is 33.0. The molecule has 0 bridgehead atoms. The van der Waals surface area contributed by atoms with Crippen molar-refractivity contribution in [3.05, 3.63) is 97.7 Å². The highest BCUT2D eigenvalue weighted by molar-refractivity contribution is 7.37. The summed E-state index contributed by atoms with van der Waals surface area (Å²) in [6.45, 7) is 26.2. The zero-order valence-corrected chi connectivity index (χ0v) is 48.6. The molecule has 1 heterocycles. The van der Waals surface area contributed by atoms with Crippen molar-refractivity contribution in [2.45, 2.75) is 201 Å². The van der Waals surface area contributed by atoms with Gasteiger partial charge in [-0.15, -0.1) is 15.2 Å². The van der Waals surface area contributed by atoms with Gasteiger partial charge in [0, 0.05) is 32.1 Å². The summed E-state index contributed by atoms with van der Waals surface area (Å²) in [4.78, 5) is 31.1. The van der Waals surface area contributed by atoms with Crippen LogP contribution in [-0.4, -0.2) is 131 Å². The molecule has 1 rings (SSSR count). The Morgan fingerprint density at radius 3 is 1.79 bits per heavy atom. The third-order valence-corrected chi connectivity index (χ3v) is 15.2. The lowest BCUT2D eigenvalue weighted by molar-refractivity contribution is -0.137. The summed E-state index contributed by atoms with van der Waals surface area (Å²) >= 11 is 0. The number of nitrogens with one attached hydrogen (secondary N) is 2. The van der Waals surface area contributed by atoms with Gasteiger partial charge in [-0.05, 0) is 152 Å². The van der Waals surface area contributed by atoms with Crippen molar-refractivity contribution >= 4 is 20.4 Å². The molecule has 1 aliphatic heterocycles. The molecule has 11 atom stereocenters. The first kappa shape index (κ1) is 68.1. The maximum absolute atomic E-state index is 13.4. The topological polar surface area (TPSA) is 146 Å². The van der Waals surface area contributed by atoms with Crippen LogP contribution in [-0.2, 0) is 9.59 Å². The number of carbonyl (C=O) groups is 2. The van der Waals surface area contributed by atoms with Crippen molar-refractivity contribution in [2.75, 3.05) is 52.1 Å². The smallest absolute Gasteiger partial charge is 0.243 e. The van der Waals surface area contributed by atoms with E-state index < -0.39 is 36.5 Å². The number of carbonyl (C=O) groups excluding carboxylic acids is 2. The van der Waals surface area contributed by atoms with Crippen LogP contribution in [0.2, 0.25) is 0 Å². The van der Waals surface area contributed by atoms with Crippen molar-refractivity contribution in [1.82, 2.24) is 20.4 Å². The van der Waals surface area contributed by atoms with Gasteiger partial charge in [0.1, 0.15) is 12.1 Å². The number of allylic oxidation sites excluding steroid dienone is 14. The van der Waals surface area contributed by atoms with Gasteiger partial charge < -0.3 is 31.1 Å². The Bertz CT molecular complexity index is 1660. The second-order valence-electron chi connectivity index (χ2n) is 21.6. The van der Waals surface area contributed by atoms with E-state index in [0.717, 1.165) is 91.8 Å². The van der Waals surface area contributed by atoms with E-state index in [1.165, 1.54) is 0 Å². The van der Waals surface area contributed by atoms with Crippen LogP contribution < -0.4 is 10.6 Å². The van der Waals surface area contributed by atoms with Crippen molar-refractivity contribution in [1.29, 1.82) is 0 Å². The number of aliphatic hydroxyl groups excluding tert-OH is 4. The van der Waals surface area contributed by atoms with Crippen LogP contribution in [0.4, 0.5) is 0 Å². The molecular formula is C62H109N4O6P. The van der Waals surface area contributed by atoms with E-state index in [-0.39, 0.29) is 40.9 Å². The van der Waals surface area contributed by atoms with E-state index in [2.05, 4.69) is 167 Å². The SMILES string of the molecule is C=CC/C=C\CC(C)C(O)CN(CCCCC1NC(=O)C(CCCCN(CC(O)CC(/C=C\C/C=C\CC)CC)CC(O)C(CC)C/C=C\C/C=C\CPC)NC1=O)CC(O)C(C)/C=C\C/C=C\C(C)(C)CC. The quantitative estimate of drug-likeness (QED) is 0.0201. The van der Waals surface area contributed by atoms with Crippen molar-refractivity contribution in [3.8, 4) is 0 Å². The number of hydrogen-bond donors (Lipinski definition) is 6. The molecule has 0 aliphatic carbocycles. The van der Waals surface area contributed by atoms with Crippen molar-refractivity contribution in [2.24, 2.45) is 29.1 Å². The van der Waals surface area contributed by atoms with Gasteiger partial charge in [-0.3, -0.25) is 19.4 Å². The molecule has 418 valence electrons. The number of amides is 2. The van der Waals surface area contributed by atoms with E-state index in [4.69, 9.17) is 0 Å². The predicted octanol–water partition coefficient (Wildman–Crippen LogP) is 11.6. The average Bonchev–Trinajstić information content (AvgIpc) is 3.36. The number of piperazine rings is 1. The molecular weight excluding hydrogens is 928 g/mol.